The van der Waals surface area contributed by atoms with Crippen molar-refractivity contribution in [2.24, 2.45) is 0 Å². The number of carbonyl (C=O) groups excluding carboxylic acids is 1. The van der Waals surface area contributed by atoms with Gasteiger partial charge in [-0.05, 0) is 61.4 Å². The Balaban J connectivity index is 1.81. The first-order chi connectivity index (χ1) is 13.5. The van der Waals surface area contributed by atoms with Gasteiger partial charge in [-0.25, -0.2) is 0 Å². The largest absolute Gasteiger partial charge is 0.497 e. The summed E-state index contributed by atoms with van der Waals surface area (Å²) in [6.45, 7) is 3.99. The summed E-state index contributed by atoms with van der Waals surface area (Å²) >= 11 is 0. The van der Waals surface area contributed by atoms with E-state index in [4.69, 9.17) is 9.47 Å². The molecule has 6 heteroatoms. The van der Waals surface area contributed by atoms with E-state index in [0.29, 0.717) is 22.9 Å². The zero-order chi connectivity index (χ0) is 20.1. The summed E-state index contributed by atoms with van der Waals surface area (Å²) in [5.74, 6) is 1.09. The van der Waals surface area contributed by atoms with E-state index in [0.717, 1.165) is 22.5 Å². The summed E-state index contributed by atoms with van der Waals surface area (Å²) in [5, 5.41) is 6.15. The van der Waals surface area contributed by atoms with Gasteiger partial charge in [-0.2, -0.15) is 0 Å². The maximum atomic E-state index is 12.6. The minimum absolute atomic E-state index is 0.272. The molecule has 1 amide bonds. The summed E-state index contributed by atoms with van der Waals surface area (Å²) in [4.78, 5) is 16.8. The van der Waals surface area contributed by atoms with Gasteiger partial charge in [-0.1, -0.05) is 6.07 Å². The molecule has 0 radical (unpaired) electrons. The number of pyridine rings is 1. The number of carbonyl (C=O) groups is 1. The highest BCUT2D eigenvalue weighted by atomic mass is 16.5. The van der Waals surface area contributed by atoms with Gasteiger partial charge < -0.3 is 20.1 Å². The van der Waals surface area contributed by atoms with Crippen LogP contribution >= 0.6 is 0 Å². The van der Waals surface area contributed by atoms with Crippen LogP contribution in [0, 0.1) is 13.8 Å². The number of amides is 1. The van der Waals surface area contributed by atoms with Crippen LogP contribution in [0.1, 0.15) is 21.6 Å². The lowest BCUT2D eigenvalue weighted by molar-refractivity contribution is 0.102. The molecule has 3 aromatic rings. The van der Waals surface area contributed by atoms with Crippen molar-refractivity contribution in [2.75, 3.05) is 24.9 Å². The molecule has 2 aromatic carbocycles. The number of rotatable bonds is 6. The van der Waals surface area contributed by atoms with Gasteiger partial charge in [0.2, 0.25) is 0 Å². The van der Waals surface area contributed by atoms with Crippen molar-refractivity contribution >= 4 is 23.0 Å². The van der Waals surface area contributed by atoms with Gasteiger partial charge in [-0.3, -0.25) is 9.78 Å². The highest BCUT2D eigenvalue weighted by Crippen LogP contribution is 2.31. The second kappa shape index (κ2) is 8.43. The summed E-state index contributed by atoms with van der Waals surface area (Å²) in [5.41, 5.74) is 4.68. The molecule has 0 atom stereocenters. The van der Waals surface area contributed by atoms with Crippen LogP contribution in [0.15, 0.2) is 54.7 Å². The average molecular weight is 377 g/mol. The summed E-state index contributed by atoms with van der Waals surface area (Å²) in [6.07, 6.45) is 1.59. The number of benzene rings is 2. The number of nitrogens with one attached hydrogen (secondary N) is 2. The Morgan fingerprint density at radius 2 is 1.64 bits per heavy atom. The minimum atomic E-state index is -0.272. The molecule has 144 valence electrons. The number of hydrogen-bond acceptors (Lipinski definition) is 5. The van der Waals surface area contributed by atoms with Crippen molar-refractivity contribution in [1.82, 2.24) is 4.98 Å². The minimum Gasteiger partial charge on any atom is -0.497 e. The highest BCUT2D eigenvalue weighted by molar-refractivity contribution is 6.03. The molecule has 1 heterocycles. The molecule has 28 heavy (non-hydrogen) atoms. The van der Waals surface area contributed by atoms with Gasteiger partial charge >= 0.3 is 0 Å². The van der Waals surface area contributed by atoms with E-state index >= 15 is 0 Å². The van der Waals surface area contributed by atoms with E-state index in [1.807, 2.05) is 44.2 Å². The fourth-order valence-electron chi connectivity index (χ4n) is 2.94. The normalized spacial score (nSPS) is 10.3. The maximum absolute atomic E-state index is 12.6. The van der Waals surface area contributed by atoms with E-state index in [9.17, 15) is 4.79 Å². The smallest absolute Gasteiger partial charge is 0.274 e. The number of anilines is 3. The van der Waals surface area contributed by atoms with Gasteiger partial charge in [-0.15, -0.1) is 0 Å². The molecule has 0 fully saturated rings. The standard InChI is InChI=1S/C22H23N3O3/c1-14-9-15(2)11-17(10-14)25-22(26)20-12-16(7-8-23-20)24-19-13-18(27-3)5-6-21(19)28-4/h5-13H,1-4H3,(H,23,24)(H,25,26). The van der Waals surface area contributed by atoms with Gasteiger partial charge in [0.15, 0.2) is 0 Å². The lowest BCUT2D eigenvalue weighted by atomic mass is 10.1. The molecule has 1 aromatic heterocycles. The quantitative estimate of drug-likeness (QED) is 0.651. The Labute approximate surface area is 164 Å². The maximum Gasteiger partial charge on any atom is 0.274 e. The first kappa shape index (κ1) is 19.2. The fraction of sp³-hybridized carbons (Fsp3) is 0.182. The third kappa shape index (κ3) is 4.59. The Hall–Kier alpha value is -3.54. The summed E-state index contributed by atoms with van der Waals surface area (Å²) in [6, 6.07) is 14.8. The van der Waals surface area contributed by atoms with Crippen molar-refractivity contribution in [3.05, 3.63) is 71.5 Å². The van der Waals surface area contributed by atoms with Crippen LogP contribution in [-0.4, -0.2) is 25.1 Å². The molecule has 3 rings (SSSR count). The lowest BCUT2D eigenvalue weighted by Crippen LogP contribution is -2.14. The van der Waals surface area contributed by atoms with Crippen molar-refractivity contribution in [3.8, 4) is 11.5 Å². The molecular weight excluding hydrogens is 354 g/mol. The van der Waals surface area contributed by atoms with Crippen LogP contribution in [0.2, 0.25) is 0 Å². The van der Waals surface area contributed by atoms with Gasteiger partial charge in [0, 0.05) is 23.6 Å². The third-order valence-corrected chi connectivity index (χ3v) is 4.16. The van der Waals surface area contributed by atoms with Crippen LogP contribution in [-0.2, 0) is 0 Å². The molecule has 0 aliphatic rings. The third-order valence-electron chi connectivity index (χ3n) is 4.16. The first-order valence-electron chi connectivity index (χ1n) is 8.83. The van der Waals surface area contributed by atoms with Crippen molar-refractivity contribution in [2.45, 2.75) is 13.8 Å². The Kier molecular flexibility index (Phi) is 5.79. The Bertz CT molecular complexity index is 982. The number of methoxy groups -OCH3 is 2. The summed E-state index contributed by atoms with van der Waals surface area (Å²) in [7, 11) is 3.20. The van der Waals surface area contributed by atoms with Gasteiger partial charge in [0.05, 0.1) is 19.9 Å². The second-order valence-electron chi connectivity index (χ2n) is 6.45. The molecule has 0 saturated carbocycles. The second-order valence-corrected chi connectivity index (χ2v) is 6.45. The number of aryl methyl sites for hydroxylation is 2. The molecule has 6 nitrogen and oxygen atoms in total. The van der Waals surface area contributed by atoms with Crippen molar-refractivity contribution in [1.29, 1.82) is 0 Å². The molecule has 2 N–H and O–H groups in total. The van der Waals surface area contributed by atoms with E-state index in [-0.39, 0.29) is 5.91 Å². The predicted octanol–water partition coefficient (Wildman–Crippen LogP) is 4.71. The van der Waals surface area contributed by atoms with Crippen LogP contribution in [0.5, 0.6) is 11.5 Å². The molecule has 0 aliphatic carbocycles. The van der Waals surface area contributed by atoms with Gasteiger partial charge in [0.1, 0.15) is 17.2 Å². The molecule has 0 bridgehead atoms. The fourth-order valence-corrected chi connectivity index (χ4v) is 2.94. The first-order valence-corrected chi connectivity index (χ1v) is 8.83. The molecule has 0 aliphatic heterocycles. The van der Waals surface area contributed by atoms with Crippen LogP contribution < -0.4 is 20.1 Å². The average Bonchev–Trinajstić information content (AvgIpc) is 2.67. The zero-order valence-electron chi connectivity index (χ0n) is 16.4. The van der Waals surface area contributed by atoms with E-state index in [1.54, 1.807) is 32.5 Å². The van der Waals surface area contributed by atoms with Crippen molar-refractivity contribution in [3.63, 3.8) is 0 Å². The number of hydrogen-bond donors (Lipinski definition) is 2. The van der Waals surface area contributed by atoms with E-state index in [1.165, 1.54) is 0 Å². The van der Waals surface area contributed by atoms with Crippen LogP contribution in [0.25, 0.3) is 0 Å². The van der Waals surface area contributed by atoms with E-state index < -0.39 is 0 Å². The molecular formula is C22H23N3O3. The van der Waals surface area contributed by atoms with Crippen LogP contribution in [0.3, 0.4) is 0 Å². The number of aromatic nitrogens is 1. The highest BCUT2D eigenvalue weighted by Gasteiger charge is 2.11. The Morgan fingerprint density at radius 3 is 2.32 bits per heavy atom. The van der Waals surface area contributed by atoms with Crippen LogP contribution in [0.4, 0.5) is 17.1 Å². The lowest BCUT2D eigenvalue weighted by Gasteiger charge is -2.13. The molecule has 0 saturated heterocycles. The zero-order valence-corrected chi connectivity index (χ0v) is 16.4. The number of ether oxygens (including phenoxy) is 2. The SMILES string of the molecule is COc1ccc(OC)c(Nc2ccnc(C(=O)Nc3cc(C)cc(C)c3)c2)c1. The molecule has 0 unspecified atom stereocenters. The topological polar surface area (TPSA) is 72.5 Å². The predicted molar refractivity (Wildman–Crippen MR) is 111 cm³/mol. The Morgan fingerprint density at radius 1 is 0.893 bits per heavy atom. The van der Waals surface area contributed by atoms with E-state index in [2.05, 4.69) is 21.7 Å². The van der Waals surface area contributed by atoms with Crippen molar-refractivity contribution < 1.29 is 14.3 Å². The van der Waals surface area contributed by atoms with Gasteiger partial charge in [0.25, 0.3) is 5.91 Å². The molecule has 0 spiro atoms. The number of nitrogens with zero attached hydrogens (tertiary/aromatic N) is 1. The monoisotopic (exact) mass is 377 g/mol. The summed E-state index contributed by atoms with van der Waals surface area (Å²) < 4.78 is 10.7.